The van der Waals surface area contributed by atoms with Crippen molar-refractivity contribution in [2.24, 2.45) is 5.73 Å². The quantitative estimate of drug-likeness (QED) is 0.850. The summed E-state index contributed by atoms with van der Waals surface area (Å²) in [6.45, 7) is 0.556. The van der Waals surface area contributed by atoms with Crippen molar-refractivity contribution in [1.82, 2.24) is 0 Å². The summed E-state index contributed by atoms with van der Waals surface area (Å²) in [5, 5.41) is 2.32. The van der Waals surface area contributed by atoms with Crippen molar-refractivity contribution in [1.29, 1.82) is 0 Å². The lowest BCUT2D eigenvalue weighted by Gasteiger charge is -2.07. The molecule has 0 aliphatic rings. The van der Waals surface area contributed by atoms with Crippen LogP contribution in [0.1, 0.15) is 5.56 Å². The lowest BCUT2D eigenvalue weighted by Crippen LogP contribution is -1.92. The zero-order chi connectivity index (χ0) is 11.4. The van der Waals surface area contributed by atoms with Crippen molar-refractivity contribution < 1.29 is 4.74 Å². The Morgan fingerprint density at radius 2 is 1.88 bits per heavy atom. The number of ether oxygens (including phenoxy) is 1. The molecule has 0 radical (unpaired) electrons. The van der Waals surface area contributed by atoms with Gasteiger partial charge in [-0.25, -0.2) is 0 Å². The summed E-state index contributed by atoms with van der Waals surface area (Å²) in [5.41, 5.74) is 6.63. The van der Waals surface area contributed by atoms with E-state index in [1.165, 1.54) is 10.9 Å². The Morgan fingerprint density at radius 1 is 1.12 bits per heavy atom. The average molecular weight is 213 g/mol. The molecule has 0 spiro atoms. The first-order chi connectivity index (χ1) is 7.86. The molecule has 2 N–H and O–H groups in total. The Labute approximate surface area is 95.3 Å². The number of rotatable bonds is 3. The molecule has 16 heavy (non-hydrogen) atoms. The van der Waals surface area contributed by atoms with Crippen molar-refractivity contribution >= 4 is 16.8 Å². The molecule has 82 valence electrons. The van der Waals surface area contributed by atoms with Crippen LogP contribution in [0.2, 0.25) is 0 Å². The van der Waals surface area contributed by atoms with E-state index in [-0.39, 0.29) is 0 Å². The summed E-state index contributed by atoms with van der Waals surface area (Å²) in [6.07, 6.45) is 4.00. The van der Waals surface area contributed by atoms with Gasteiger partial charge in [-0.2, -0.15) is 0 Å². The van der Waals surface area contributed by atoms with Gasteiger partial charge < -0.3 is 10.5 Å². The third-order valence-corrected chi connectivity index (χ3v) is 2.57. The fourth-order valence-electron chi connectivity index (χ4n) is 1.81. The fraction of sp³-hybridized carbons (Fsp3) is 0.143. The highest BCUT2D eigenvalue weighted by molar-refractivity contribution is 5.94. The Hall–Kier alpha value is -1.80. The second kappa shape index (κ2) is 4.81. The van der Waals surface area contributed by atoms with Gasteiger partial charge in [0.05, 0.1) is 7.11 Å². The molecule has 0 saturated heterocycles. The van der Waals surface area contributed by atoms with E-state index in [1.54, 1.807) is 7.11 Å². The minimum absolute atomic E-state index is 0.556. The molecule has 0 atom stereocenters. The van der Waals surface area contributed by atoms with Crippen LogP contribution in [0.4, 0.5) is 0 Å². The molecule has 0 fully saturated rings. The van der Waals surface area contributed by atoms with Crippen LogP contribution in [0.3, 0.4) is 0 Å². The first-order valence-corrected chi connectivity index (χ1v) is 5.29. The molecule has 0 aliphatic heterocycles. The predicted molar refractivity (Wildman–Crippen MR) is 68.6 cm³/mol. The van der Waals surface area contributed by atoms with Crippen LogP contribution < -0.4 is 10.5 Å². The largest absolute Gasteiger partial charge is 0.496 e. The van der Waals surface area contributed by atoms with Gasteiger partial charge in [-0.15, -0.1) is 0 Å². The summed E-state index contributed by atoms with van der Waals surface area (Å²) in [5.74, 6) is 0.903. The van der Waals surface area contributed by atoms with Crippen LogP contribution >= 0.6 is 0 Å². The van der Waals surface area contributed by atoms with Crippen LogP contribution in [0.5, 0.6) is 5.75 Å². The van der Waals surface area contributed by atoms with Crippen LogP contribution in [0.15, 0.2) is 42.5 Å². The van der Waals surface area contributed by atoms with E-state index < -0.39 is 0 Å². The van der Waals surface area contributed by atoms with Gasteiger partial charge in [0.1, 0.15) is 5.75 Å². The minimum atomic E-state index is 0.556. The molecule has 0 unspecified atom stereocenters. The zero-order valence-electron chi connectivity index (χ0n) is 9.31. The SMILES string of the molecule is COc1ccc(/C=C/CN)c2ccccc12. The molecule has 0 heterocycles. The number of benzene rings is 2. The maximum Gasteiger partial charge on any atom is 0.126 e. The Bertz CT molecular complexity index is 517. The number of hydrogen-bond acceptors (Lipinski definition) is 2. The smallest absolute Gasteiger partial charge is 0.126 e. The van der Waals surface area contributed by atoms with Crippen LogP contribution in [0, 0.1) is 0 Å². The highest BCUT2D eigenvalue weighted by Gasteiger charge is 2.02. The molecule has 0 saturated carbocycles. The standard InChI is InChI=1S/C14H15NO/c1-16-14-9-8-11(5-4-10-15)12-6-2-3-7-13(12)14/h2-9H,10,15H2,1H3/b5-4+. The third kappa shape index (κ3) is 1.92. The van der Waals surface area contributed by atoms with Gasteiger partial charge in [-0.1, -0.05) is 42.5 Å². The normalized spacial score (nSPS) is 11.1. The lowest BCUT2D eigenvalue weighted by molar-refractivity contribution is 0.420. The second-order valence-corrected chi connectivity index (χ2v) is 3.54. The van der Waals surface area contributed by atoms with Crippen molar-refractivity contribution in [2.45, 2.75) is 0 Å². The highest BCUT2D eigenvalue weighted by Crippen LogP contribution is 2.28. The first-order valence-electron chi connectivity index (χ1n) is 5.29. The number of hydrogen-bond donors (Lipinski definition) is 1. The maximum absolute atomic E-state index is 5.47. The first kappa shape index (κ1) is 10.7. The molecule has 0 bridgehead atoms. The number of fused-ring (bicyclic) bond motifs is 1. The third-order valence-electron chi connectivity index (χ3n) is 2.57. The van der Waals surface area contributed by atoms with Crippen LogP contribution in [-0.2, 0) is 0 Å². The lowest BCUT2D eigenvalue weighted by atomic mass is 10.0. The summed E-state index contributed by atoms with van der Waals surface area (Å²) in [4.78, 5) is 0. The maximum atomic E-state index is 5.47. The van der Waals surface area contributed by atoms with E-state index in [9.17, 15) is 0 Å². The topological polar surface area (TPSA) is 35.2 Å². The van der Waals surface area contributed by atoms with E-state index in [0.717, 1.165) is 11.1 Å². The monoisotopic (exact) mass is 213 g/mol. The molecular formula is C14H15NO. The summed E-state index contributed by atoms with van der Waals surface area (Å²) in [6, 6.07) is 12.2. The van der Waals surface area contributed by atoms with Gasteiger partial charge >= 0.3 is 0 Å². The van der Waals surface area contributed by atoms with Crippen LogP contribution in [0.25, 0.3) is 16.8 Å². The summed E-state index contributed by atoms with van der Waals surface area (Å²) in [7, 11) is 1.69. The zero-order valence-corrected chi connectivity index (χ0v) is 9.31. The van der Waals surface area contributed by atoms with Crippen molar-refractivity contribution in [3.8, 4) is 5.75 Å². The minimum Gasteiger partial charge on any atom is -0.496 e. The van der Waals surface area contributed by atoms with Gasteiger partial charge in [-0.3, -0.25) is 0 Å². The van der Waals surface area contributed by atoms with Crippen molar-refractivity contribution in [2.75, 3.05) is 13.7 Å². The number of nitrogens with two attached hydrogens (primary N) is 1. The van der Waals surface area contributed by atoms with E-state index in [0.29, 0.717) is 6.54 Å². The number of methoxy groups -OCH3 is 1. The predicted octanol–water partition coefficient (Wildman–Crippen LogP) is 2.82. The van der Waals surface area contributed by atoms with Crippen LogP contribution in [-0.4, -0.2) is 13.7 Å². The molecule has 0 amide bonds. The molecule has 2 aromatic carbocycles. The van der Waals surface area contributed by atoms with Crippen molar-refractivity contribution in [3.63, 3.8) is 0 Å². The molecule has 2 aromatic rings. The molecule has 2 rings (SSSR count). The Balaban J connectivity index is 2.64. The van der Waals surface area contributed by atoms with Gasteiger partial charge in [0.15, 0.2) is 0 Å². The van der Waals surface area contributed by atoms with E-state index in [1.807, 2.05) is 36.4 Å². The van der Waals surface area contributed by atoms with Gasteiger partial charge in [0.25, 0.3) is 0 Å². The molecular weight excluding hydrogens is 198 g/mol. The van der Waals surface area contributed by atoms with Gasteiger partial charge in [0, 0.05) is 11.9 Å². The summed E-state index contributed by atoms with van der Waals surface area (Å²) >= 11 is 0. The molecule has 2 nitrogen and oxygen atoms in total. The van der Waals surface area contributed by atoms with E-state index in [4.69, 9.17) is 10.5 Å². The van der Waals surface area contributed by atoms with Gasteiger partial charge in [0.2, 0.25) is 0 Å². The molecule has 2 heteroatoms. The van der Waals surface area contributed by atoms with E-state index in [2.05, 4.69) is 12.1 Å². The Morgan fingerprint density at radius 3 is 2.56 bits per heavy atom. The molecule has 0 aliphatic carbocycles. The fourth-order valence-corrected chi connectivity index (χ4v) is 1.81. The highest BCUT2D eigenvalue weighted by atomic mass is 16.5. The summed E-state index contributed by atoms with van der Waals surface area (Å²) < 4.78 is 5.34. The van der Waals surface area contributed by atoms with Gasteiger partial charge in [-0.05, 0) is 17.0 Å². The average Bonchev–Trinajstić information content (AvgIpc) is 2.36. The Kier molecular flexibility index (Phi) is 3.22. The molecule has 0 aromatic heterocycles. The van der Waals surface area contributed by atoms with Crippen molar-refractivity contribution in [3.05, 3.63) is 48.0 Å². The second-order valence-electron chi connectivity index (χ2n) is 3.54. The van der Waals surface area contributed by atoms with E-state index >= 15 is 0 Å².